The summed E-state index contributed by atoms with van der Waals surface area (Å²) >= 11 is 0. The van der Waals surface area contributed by atoms with Crippen molar-refractivity contribution in [2.75, 3.05) is 6.61 Å². The topological polar surface area (TPSA) is 152 Å². The molecule has 10 nitrogen and oxygen atoms in total. The van der Waals surface area contributed by atoms with Crippen molar-refractivity contribution in [3.05, 3.63) is 0 Å². The van der Waals surface area contributed by atoms with Crippen LogP contribution in [0.2, 0.25) is 0 Å². The van der Waals surface area contributed by atoms with Gasteiger partial charge in [-0.15, -0.1) is 0 Å². The summed E-state index contributed by atoms with van der Waals surface area (Å²) in [5.41, 5.74) is 0. The van der Waals surface area contributed by atoms with E-state index in [1.165, 1.54) is 6.92 Å². The highest BCUT2D eigenvalue weighted by molar-refractivity contribution is 7.80. The minimum Gasteiger partial charge on any atom is -0.388 e. The molecule has 11 heteroatoms. The molecule has 4 N–H and O–H groups in total. The highest BCUT2D eigenvalue weighted by atomic mass is 32.3. The third kappa shape index (κ3) is 5.76. The summed E-state index contributed by atoms with van der Waals surface area (Å²) in [6.07, 6.45) is -5.75. The molecule has 1 fully saturated rings. The van der Waals surface area contributed by atoms with Crippen LogP contribution in [0, 0.1) is 0 Å². The van der Waals surface area contributed by atoms with E-state index in [-0.39, 0.29) is 6.10 Å². The van der Waals surface area contributed by atoms with E-state index < -0.39 is 53.6 Å². The first-order valence-electron chi connectivity index (χ1n) is 6.57. The number of aliphatic hydroxyl groups is 2. The van der Waals surface area contributed by atoms with Crippen LogP contribution >= 0.6 is 0 Å². The molecule has 22 heavy (non-hydrogen) atoms. The van der Waals surface area contributed by atoms with Crippen molar-refractivity contribution < 1.29 is 41.6 Å². The van der Waals surface area contributed by atoms with Gasteiger partial charge in [0.25, 0.3) is 0 Å². The number of hydrogen-bond acceptors (Lipinski definition) is 8. The van der Waals surface area contributed by atoms with Gasteiger partial charge in [-0.3, -0.25) is 9.35 Å². The van der Waals surface area contributed by atoms with E-state index in [4.69, 9.17) is 14.0 Å². The van der Waals surface area contributed by atoms with E-state index >= 15 is 0 Å². The normalized spacial score (nSPS) is 33.0. The Morgan fingerprint density at radius 2 is 1.91 bits per heavy atom. The molecule has 0 radical (unpaired) electrons. The van der Waals surface area contributed by atoms with Crippen LogP contribution < -0.4 is 5.32 Å². The first-order chi connectivity index (χ1) is 10.0. The zero-order chi connectivity index (χ0) is 17.1. The lowest BCUT2D eigenvalue weighted by Gasteiger charge is -2.42. The van der Waals surface area contributed by atoms with Crippen LogP contribution in [0.4, 0.5) is 0 Å². The van der Waals surface area contributed by atoms with E-state index in [1.807, 2.05) is 0 Å². The third-order valence-electron chi connectivity index (χ3n) is 2.86. The van der Waals surface area contributed by atoms with E-state index in [0.717, 1.165) is 0 Å². The summed E-state index contributed by atoms with van der Waals surface area (Å²) in [5.74, 6) is -0.468. The second kappa shape index (κ2) is 7.64. The van der Waals surface area contributed by atoms with Crippen LogP contribution in [0.3, 0.4) is 0 Å². The fourth-order valence-corrected chi connectivity index (χ4v) is 2.30. The number of carbonyl (C=O) groups is 1. The molecule has 0 aliphatic carbocycles. The van der Waals surface area contributed by atoms with Gasteiger partial charge in [0, 0.05) is 6.92 Å². The molecule has 1 rings (SSSR count). The van der Waals surface area contributed by atoms with Gasteiger partial charge in [0.1, 0.15) is 24.4 Å². The van der Waals surface area contributed by atoms with Gasteiger partial charge in [-0.05, 0) is 13.8 Å². The molecular weight excluding hydrogens is 322 g/mol. The zero-order valence-electron chi connectivity index (χ0n) is 12.4. The fourth-order valence-electron chi connectivity index (χ4n) is 1.99. The number of carbonyl (C=O) groups excluding carboxylic acids is 1. The van der Waals surface area contributed by atoms with Gasteiger partial charge in [0.15, 0.2) is 6.29 Å². The van der Waals surface area contributed by atoms with Crippen LogP contribution in [0.1, 0.15) is 20.8 Å². The van der Waals surface area contributed by atoms with Crippen molar-refractivity contribution in [1.82, 2.24) is 5.32 Å². The third-order valence-corrected chi connectivity index (χ3v) is 3.29. The second-order valence-corrected chi connectivity index (χ2v) is 6.24. The van der Waals surface area contributed by atoms with Crippen LogP contribution in [0.15, 0.2) is 0 Å². The highest BCUT2D eigenvalue weighted by Crippen LogP contribution is 2.23. The molecule has 0 saturated carbocycles. The van der Waals surface area contributed by atoms with Crippen LogP contribution in [-0.2, 0) is 28.9 Å². The van der Waals surface area contributed by atoms with Gasteiger partial charge in [0.2, 0.25) is 5.91 Å². The number of nitrogens with one attached hydrogen (secondary N) is 1. The summed E-state index contributed by atoms with van der Waals surface area (Å²) in [4.78, 5) is 11.2. The van der Waals surface area contributed by atoms with Crippen molar-refractivity contribution >= 4 is 16.3 Å². The maximum Gasteiger partial charge on any atom is 0.397 e. The molecule has 1 heterocycles. The lowest BCUT2D eigenvalue weighted by atomic mass is 9.97. The van der Waals surface area contributed by atoms with Crippen LogP contribution in [0.25, 0.3) is 0 Å². The highest BCUT2D eigenvalue weighted by Gasteiger charge is 2.46. The molecule has 5 atom stereocenters. The lowest BCUT2D eigenvalue weighted by Crippen LogP contribution is -2.65. The molecule has 0 spiro atoms. The Kier molecular flexibility index (Phi) is 6.67. The van der Waals surface area contributed by atoms with Gasteiger partial charge in [-0.1, -0.05) is 0 Å². The van der Waals surface area contributed by atoms with E-state index in [2.05, 4.69) is 9.50 Å². The predicted octanol–water partition coefficient (Wildman–Crippen LogP) is -1.82. The van der Waals surface area contributed by atoms with Crippen molar-refractivity contribution in [3.8, 4) is 0 Å². The van der Waals surface area contributed by atoms with E-state index in [1.54, 1.807) is 13.8 Å². The summed E-state index contributed by atoms with van der Waals surface area (Å²) < 4.78 is 44.6. The number of hydrogen-bond donors (Lipinski definition) is 4. The number of amides is 1. The largest absolute Gasteiger partial charge is 0.397 e. The Labute approximate surface area is 128 Å². The zero-order valence-corrected chi connectivity index (χ0v) is 13.2. The Morgan fingerprint density at radius 3 is 2.36 bits per heavy atom. The molecule has 0 aromatic heterocycles. The lowest BCUT2D eigenvalue weighted by molar-refractivity contribution is -0.277. The van der Waals surface area contributed by atoms with Crippen molar-refractivity contribution in [2.45, 2.75) is 57.5 Å². The number of rotatable bonds is 6. The molecule has 0 aromatic rings. The summed E-state index contributed by atoms with van der Waals surface area (Å²) in [6, 6.07) is -1.04. The summed E-state index contributed by atoms with van der Waals surface area (Å²) in [6.45, 7) is 3.88. The average molecular weight is 343 g/mol. The SMILES string of the molecule is CC(=O)NC1C(OC(C)C)OC(COS(=O)(=O)O)C(O)C1O. The molecule has 130 valence electrons. The monoisotopic (exact) mass is 343 g/mol. The standard InChI is InChI=1S/C11H21NO9S/c1-5(2)20-11-8(12-6(3)13)10(15)9(14)7(21-11)4-19-22(16,17)18/h5,7-11,14-15H,4H2,1-3H3,(H,12,13)(H,16,17,18). The van der Waals surface area contributed by atoms with Crippen molar-refractivity contribution in [2.24, 2.45) is 0 Å². The number of aliphatic hydroxyl groups excluding tert-OH is 2. The molecule has 1 aliphatic heterocycles. The molecule has 1 aliphatic rings. The Bertz CT molecular complexity index is 480. The van der Waals surface area contributed by atoms with Gasteiger partial charge < -0.3 is 25.0 Å². The first-order valence-corrected chi connectivity index (χ1v) is 7.93. The molecular formula is C11H21NO9S. The van der Waals surface area contributed by atoms with Gasteiger partial charge in [-0.25, -0.2) is 4.18 Å². The van der Waals surface area contributed by atoms with Gasteiger partial charge >= 0.3 is 10.4 Å². The van der Waals surface area contributed by atoms with Crippen molar-refractivity contribution in [1.29, 1.82) is 0 Å². The second-order valence-electron chi connectivity index (χ2n) is 5.15. The smallest absolute Gasteiger partial charge is 0.388 e. The van der Waals surface area contributed by atoms with Gasteiger partial charge in [0.05, 0.1) is 12.7 Å². The molecule has 1 amide bonds. The van der Waals surface area contributed by atoms with E-state index in [9.17, 15) is 23.4 Å². The fraction of sp³-hybridized carbons (Fsp3) is 0.909. The molecule has 0 aromatic carbocycles. The summed E-state index contributed by atoms with van der Waals surface area (Å²) in [5, 5.41) is 22.4. The molecule has 0 bridgehead atoms. The predicted molar refractivity (Wildman–Crippen MR) is 72.0 cm³/mol. The Hall–Kier alpha value is -0.820. The average Bonchev–Trinajstić information content (AvgIpc) is 2.34. The van der Waals surface area contributed by atoms with Crippen LogP contribution in [0.5, 0.6) is 0 Å². The Balaban J connectivity index is 2.86. The molecule has 5 unspecified atom stereocenters. The minimum atomic E-state index is -4.72. The number of ether oxygens (including phenoxy) is 2. The molecule has 1 saturated heterocycles. The maximum absolute atomic E-state index is 11.2. The minimum absolute atomic E-state index is 0.327. The van der Waals surface area contributed by atoms with Crippen LogP contribution in [-0.4, -0.2) is 72.4 Å². The summed E-state index contributed by atoms with van der Waals surface area (Å²) in [7, 11) is -4.72. The quantitative estimate of drug-likeness (QED) is 0.409. The van der Waals surface area contributed by atoms with Crippen molar-refractivity contribution in [3.63, 3.8) is 0 Å². The van der Waals surface area contributed by atoms with E-state index in [0.29, 0.717) is 0 Å². The Morgan fingerprint density at radius 1 is 1.32 bits per heavy atom. The first kappa shape index (κ1) is 19.2. The van der Waals surface area contributed by atoms with Gasteiger partial charge in [-0.2, -0.15) is 8.42 Å². The maximum atomic E-state index is 11.2.